The predicted octanol–water partition coefficient (Wildman–Crippen LogP) is -0.814. The van der Waals surface area contributed by atoms with Crippen molar-refractivity contribution in [3.63, 3.8) is 0 Å². The summed E-state index contributed by atoms with van der Waals surface area (Å²) in [4.78, 5) is 61.9. The third kappa shape index (κ3) is 6.50. The molecule has 0 radical (unpaired) electrons. The van der Waals surface area contributed by atoms with Crippen LogP contribution in [0.15, 0.2) is 0 Å². The minimum absolute atomic E-state index is 0.0865. The van der Waals surface area contributed by atoms with Gasteiger partial charge in [-0.1, -0.05) is 13.8 Å². The average molecular weight is 398 g/mol. The van der Waals surface area contributed by atoms with Crippen molar-refractivity contribution in [2.75, 3.05) is 20.1 Å². The molecule has 1 saturated heterocycles. The lowest BCUT2D eigenvalue weighted by molar-refractivity contribution is -0.144. The third-order valence-electron chi connectivity index (χ3n) is 4.73. The summed E-state index contributed by atoms with van der Waals surface area (Å²) in [6.07, 6.45) is 1.99. The molecular weight excluding hydrogens is 368 g/mol. The number of likely N-dealkylation sites (N-methyl/N-ethyl adjacent to an activating group) is 1. The fourth-order valence-electron chi connectivity index (χ4n) is 3.07. The van der Waals surface area contributed by atoms with Crippen molar-refractivity contribution in [3.8, 4) is 0 Å². The summed E-state index contributed by atoms with van der Waals surface area (Å²) >= 11 is 0. The number of carbonyl (C=O) groups excluding carboxylic acids is 4. The quantitative estimate of drug-likeness (QED) is 0.412. The van der Waals surface area contributed by atoms with Crippen LogP contribution < -0.4 is 10.6 Å². The van der Waals surface area contributed by atoms with Gasteiger partial charge in [0.25, 0.3) is 0 Å². The lowest BCUT2D eigenvalue weighted by atomic mass is 10.0. The summed E-state index contributed by atoms with van der Waals surface area (Å²) in [5, 5.41) is 13.7. The number of aliphatic carboxylic acids is 1. The van der Waals surface area contributed by atoms with Crippen LogP contribution in [0.25, 0.3) is 0 Å². The number of hydrogen-bond acceptors (Lipinski definition) is 5. The molecule has 0 unspecified atom stereocenters. The van der Waals surface area contributed by atoms with Gasteiger partial charge in [-0.15, -0.1) is 0 Å². The molecule has 0 aromatic carbocycles. The van der Waals surface area contributed by atoms with Gasteiger partial charge in [0.05, 0.1) is 0 Å². The smallest absolute Gasteiger partial charge is 0.322 e. The Morgan fingerprint density at radius 2 is 1.89 bits per heavy atom. The second-order valence-electron chi connectivity index (χ2n) is 7.44. The zero-order valence-corrected chi connectivity index (χ0v) is 16.8. The molecule has 0 aliphatic carbocycles. The highest BCUT2D eigenvalue weighted by Gasteiger charge is 2.38. The maximum atomic E-state index is 12.8. The Balaban J connectivity index is 2.84. The van der Waals surface area contributed by atoms with Crippen LogP contribution >= 0.6 is 0 Å². The van der Waals surface area contributed by atoms with Crippen LogP contribution in [0.3, 0.4) is 0 Å². The van der Waals surface area contributed by atoms with Crippen LogP contribution in [0.4, 0.5) is 0 Å². The van der Waals surface area contributed by atoms with E-state index in [0.29, 0.717) is 32.2 Å². The van der Waals surface area contributed by atoms with Gasteiger partial charge in [0.2, 0.25) is 24.1 Å². The van der Waals surface area contributed by atoms with E-state index in [2.05, 4.69) is 10.6 Å². The Hall–Kier alpha value is -2.65. The van der Waals surface area contributed by atoms with Crippen LogP contribution in [0.5, 0.6) is 0 Å². The van der Waals surface area contributed by atoms with Gasteiger partial charge < -0.3 is 25.5 Å². The number of carbonyl (C=O) groups is 5. The standard InChI is InChI=1S/C18H30N4O6/c1-11(2)8-13(16(26)19-9-15(24)25)20-17(27)14-6-5-7-22(14)18(28)12(3)21(4)10-23/h10-14H,5-9H2,1-4H3,(H,19,26)(H,20,27)(H,24,25)/t12-,13-,14-/m0/s1. The van der Waals surface area contributed by atoms with Crippen molar-refractivity contribution >= 4 is 30.1 Å². The molecule has 1 rings (SSSR count). The second kappa shape index (κ2) is 10.6. The van der Waals surface area contributed by atoms with E-state index in [9.17, 15) is 24.0 Å². The predicted molar refractivity (Wildman–Crippen MR) is 100 cm³/mol. The summed E-state index contributed by atoms with van der Waals surface area (Å²) < 4.78 is 0. The lowest BCUT2D eigenvalue weighted by Gasteiger charge is -2.30. The number of rotatable bonds is 10. The molecule has 0 aromatic rings. The Labute approximate surface area is 164 Å². The molecule has 1 heterocycles. The summed E-state index contributed by atoms with van der Waals surface area (Å²) in [5.74, 6) is -2.45. The van der Waals surface area contributed by atoms with Crippen LogP contribution in [-0.4, -0.2) is 83.3 Å². The topological polar surface area (TPSA) is 136 Å². The van der Waals surface area contributed by atoms with Gasteiger partial charge in [0.1, 0.15) is 24.7 Å². The number of nitrogens with zero attached hydrogens (tertiary/aromatic N) is 2. The fraction of sp³-hybridized carbons (Fsp3) is 0.722. The van der Waals surface area contributed by atoms with E-state index >= 15 is 0 Å². The highest BCUT2D eigenvalue weighted by Crippen LogP contribution is 2.20. The number of carboxylic acid groups (broad SMARTS) is 1. The summed E-state index contributed by atoms with van der Waals surface area (Å²) in [7, 11) is 1.49. The van der Waals surface area contributed by atoms with Gasteiger partial charge in [0, 0.05) is 13.6 Å². The zero-order valence-electron chi connectivity index (χ0n) is 16.8. The lowest BCUT2D eigenvalue weighted by Crippen LogP contribution is -2.55. The monoisotopic (exact) mass is 398 g/mol. The SMILES string of the molecule is CC(C)C[C@H](NC(=O)[C@@H]1CCCN1C(=O)[C@H](C)N(C)C=O)C(=O)NCC(=O)O. The van der Waals surface area contributed by atoms with E-state index in [1.165, 1.54) is 16.8 Å². The Kier molecular flexibility index (Phi) is 8.87. The maximum absolute atomic E-state index is 12.8. The van der Waals surface area contributed by atoms with Crippen LogP contribution in [-0.2, 0) is 24.0 Å². The molecule has 3 atom stereocenters. The molecule has 0 bridgehead atoms. The normalized spacial score (nSPS) is 18.3. The minimum atomic E-state index is -1.18. The number of amides is 4. The van der Waals surface area contributed by atoms with E-state index in [0.717, 1.165) is 0 Å². The van der Waals surface area contributed by atoms with Crippen molar-refractivity contribution < 1.29 is 29.1 Å². The molecule has 0 spiro atoms. The Bertz CT molecular complexity index is 609. The highest BCUT2D eigenvalue weighted by atomic mass is 16.4. The summed E-state index contributed by atoms with van der Waals surface area (Å²) in [6, 6.07) is -2.31. The van der Waals surface area contributed by atoms with Crippen molar-refractivity contribution in [1.82, 2.24) is 20.4 Å². The van der Waals surface area contributed by atoms with E-state index in [-0.39, 0.29) is 11.8 Å². The van der Waals surface area contributed by atoms with E-state index < -0.39 is 42.5 Å². The van der Waals surface area contributed by atoms with Crippen LogP contribution in [0.2, 0.25) is 0 Å². The van der Waals surface area contributed by atoms with E-state index in [1.54, 1.807) is 6.92 Å². The highest BCUT2D eigenvalue weighted by molar-refractivity contribution is 5.94. The second-order valence-corrected chi connectivity index (χ2v) is 7.44. The molecule has 158 valence electrons. The third-order valence-corrected chi connectivity index (χ3v) is 4.73. The van der Waals surface area contributed by atoms with Crippen molar-refractivity contribution in [1.29, 1.82) is 0 Å². The molecule has 10 heteroatoms. The molecule has 4 amide bonds. The van der Waals surface area contributed by atoms with Gasteiger partial charge in [-0.25, -0.2) is 0 Å². The molecule has 1 aliphatic rings. The molecule has 0 saturated carbocycles. The van der Waals surface area contributed by atoms with E-state index in [1.807, 2.05) is 13.8 Å². The maximum Gasteiger partial charge on any atom is 0.322 e. The van der Waals surface area contributed by atoms with Crippen molar-refractivity contribution in [2.24, 2.45) is 5.92 Å². The first-order valence-electron chi connectivity index (χ1n) is 9.36. The van der Waals surface area contributed by atoms with Crippen molar-refractivity contribution in [3.05, 3.63) is 0 Å². The Morgan fingerprint density at radius 3 is 2.43 bits per heavy atom. The number of carboxylic acids is 1. The van der Waals surface area contributed by atoms with Gasteiger partial charge >= 0.3 is 5.97 Å². The van der Waals surface area contributed by atoms with Crippen LogP contribution in [0, 0.1) is 5.92 Å². The van der Waals surface area contributed by atoms with Gasteiger partial charge in [-0.05, 0) is 32.1 Å². The fourth-order valence-corrected chi connectivity index (χ4v) is 3.07. The largest absolute Gasteiger partial charge is 0.480 e. The van der Waals surface area contributed by atoms with E-state index in [4.69, 9.17) is 5.11 Å². The number of likely N-dealkylation sites (tertiary alicyclic amines) is 1. The molecule has 1 fully saturated rings. The minimum Gasteiger partial charge on any atom is -0.480 e. The molecule has 10 nitrogen and oxygen atoms in total. The van der Waals surface area contributed by atoms with Crippen molar-refractivity contribution in [2.45, 2.75) is 58.2 Å². The van der Waals surface area contributed by atoms with Gasteiger partial charge in [0.15, 0.2) is 0 Å². The first kappa shape index (κ1) is 23.4. The average Bonchev–Trinajstić information content (AvgIpc) is 3.12. The summed E-state index contributed by atoms with van der Waals surface area (Å²) in [5.41, 5.74) is 0. The first-order chi connectivity index (χ1) is 13.1. The molecule has 3 N–H and O–H groups in total. The summed E-state index contributed by atoms with van der Waals surface area (Å²) in [6.45, 7) is 5.21. The molecule has 0 aromatic heterocycles. The molecular formula is C18H30N4O6. The number of hydrogen-bond donors (Lipinski definition) is 3. The molecule has 28 heavy (non-hydrogen) atoms. The zero-order chi connectivity index (χ0) is 21.4. The Morgan fingerprint density at radius 1 is 1.25 bits per heavy atom. The van der Waals surface area contributed by atoms with Gasteiger partial charge in [-0.3, -0.25) is 24.0 Å². The molecule has 1 aliphatic heterocycles. The van der Waals surface area contributed by atoms with Crippen LogP contribution in [0.1, 0.15) is 40.0 Å². The first-order valence-corrected chi connectivity index (χ1v) is 9.36. The number of nitrogens with one attached hydrogen (secondary N) is 2. The van der Waals surface area contributed by atoms with Gasteiger partial charge in [-0.2, -0.15) is 0 Å².